The molecule has 2 aromatic rings. The molecule has 0 aliphatic heterocycles. The topological polar surface area (TPSA) is 93.1 Å². The largest absolute Gasteiger partial charge is 0.335 e. The Hall–Kier alpha value is -2.13. The van der Waals surface area contributed by atoms with Gasteiger partial charge < -0.3 is 5.32 Å². The Balaban J connectivity index is 1.77. The van der Waals surface area contributed by atoms with E-state index in [1.807, 2.05) is 5.38 Å². The number of amides is 3. The van der Waals surface area contributed by atoms with Gasteiger partial charge in [0, 0.05) is 12.6 Å². The molecule has 132 valence electrons. The van der Waals surface area contributed by atoms with Crippen LogP contribution in [0.3, 0.4) is 0 Å². The second kappa shape index (κ2) is 7.40. The molecule has 2 aromatic heterocycles. The van der Waals surface area contributed by atoms with Gasteiger partial charge in [-0.2, -0.15) is 0 Å². The Kier molecular flexibility index (Phi) is 5.24. The number of imide groups is 1. The lowest BCUT2D eigenvalue weighted by molar-refractivity contribution is -0.119. The second-order valence-corrected chi connectivity index (χ2v) is 7.94. The Bertz CT molecular complexity index is 885. The van der Waals surface area contributed by atoms with E-state index in [9.17, 15) is 14.4 Å². The molecule has 2 heterocycles. The smallest absolute Gasteiger partial charge is 0.321 e. The minimum absolute atomic E-state index is 0.160. The van der Waals surface area contributed by atoms with E-state index in [1.165, 1.54) is 15.9 Å². The summed E-state index contributed by atoms with van der Waals surface area (Å²) < 4.78 is 1.49. The monoisotopic (exact) mass is 378 g/mol. The fraction of sp³-hybridized carbons (Fsp3) is 0.375. The van der Waals surface area contributed by atoms with Crippen LogP contribution in [0, 0.1) is 0 Å². The standard InChI is InChI=1S/C16H18N4O3S2/c1-3-7-20-14(22)11-6-8-24-13(11)19-16(20)25-9(2)12(21)18-15(23)17-10-4-5-10/h3,6,8-10H,1,4-5,7H2,2H3,(H2,17,18,21,23). The molecule has 1 saturated carbocycles. The molecular formula is C16H18N4O3S2. The van der Waals surface area contributed by atoms with Gasteiger partial charge in [-0.3, -0.25) is 19.5 Å². The molecular weight excluding hydrogens is 360 g/mol. The zero-order valence-electron chi connectivity index (χ0n) is 13.7. The molecule has 3 amide bonds. The van der Waals surface area contributed by atoms with Gasteiger partial charge in [-0.25, -0.2) is 9.78 Å². The van der Waals surface area contributed by atoms with Crippen LogP contribution in [-0.2, 0) is 11.3 Å². The predicted octanol–water partition coefficient (Wildman–Crippen LogP) is 2.11. The minimum Gasteiger partial charge on any atom is -0.335 e. The highest BCUT2D eigenvalue weighted by Crippen LogP contribution is 2.24. The molecule has 0 saturated heterocycles. The van der Waals surface area contributed by atoms with Crippen molar-refractivity contribution in [2.45, 2.75) is 42.8 Å². The van der Waals surface area contributed by atoms with Gasteiger partial charge in [0.05, 0.1) is 10.6 Å². The first kappa shape index (κ1) is 17.7. The minimum atomic E-state index is -0.578. The van der Waals surface area contributed by atoms with Crippen LogP contribution < -0.4 is 16.2 Å². The molecule has 1 aliphatic carbocycles. The van der Waals surface area contributed by atoms with Crippen LogP contribution in [0.1, 0.15) is 19.8 Å². The van der Waals surface area contributed by atoms with E-state index in [4.69, 9.17) is 0 Å². The van der Waals surface area contributed by atoms with Gasteiger partial charge in [0.1, 0.15) is 4.83 Å². The molecule has 3 rings (SSSR count). The zero-order chi connectivity index (χ0) is 18.0. The van der Waals surface area contributed by atoms with Crippen molar-refractivity contribution in [2.75, 3.05) is 0 Å². The lowest BCUT2D eigenvalue weighted by atomic mass is 10.4. The Morgan fingerprint density at radius 3 is 3.00 bits per heavy atom. The van der Waals surface area contributed by atoms with Crippen LogP contribution in [0.5, 0.6) is 0 Å². The number of allylic oxidation sites excluding steroid dienone is 1. The maximum Gasteiger partial charge on any atom is 0.321 e. The number of rotatable bonds is 6. The molecule has 0 spiro atoms. The van der Waals surface area contributed by atoms with Crippen molar-refractivity contribution in [3.05, 3.63) is 34.5 Å². The highest BCUT2D eigenvalue weighted by atomic mass is 32.2. The van der Waals surface area contributed by atoms with Gasteiger partial charge in [0.25, 0.3) is 5.56 Å². The van der Waals surface area contributed by atoms with Gasteiger partial charge in [-0.15, -0.1) is 17.9 Å². The molecule has 0 bridgehead atoms. The molecule has 1 aliphatic rings. The summed E-state index contributed by atoms with van der Waals surface area (Å²) in [4.78, 5) is 41.6. The zero-order valence-corrected chi connectivity index (χ0v) is 15.3. The highest BCUT2D eigenvalue weighted by molar-refractivity contribution is 8.00. The first-order valence-electron chi connectivity index (χ1n) is 7.86. The van der Waals surface area contributed by atoms with Crippen molar-refractivity contribution < 1.29 is 9.59 Å². The fourth-order valence-corrected chi connectivity index (χ4v) is 3.91. The lowest BCUT2D eigenvalue weighted by Crippen LogP contribution is -2.43. The number of thioether (sulfide) groups is 1. The summed E-state index contributed by atoms with van der Waals surface area (Å²) in [5.41, 5.74) is -0.160. The van der Waals surface area contributed by atoms with Crippen LogP contribution in [0.2, 0.25) is 0 Å². The number of hydrogen-bond donors (Lipinski definition) is 2. The average molecular weight is 378 g/mol. The van der Waals surface area contributed by atoms with Crippen LogP contribution >= 0.6 is 23.1 Å². The van der Waals surface area contributed by atoms with Gasteiger partial charge >= 0.3 is 6.03 Å². The van der Waals surface area contributed by atoms with Crippen LogP contribution in [-0.4, -0.2) is 32.8 Å². The highest BCUT2D eigenvalue weighted by Gasteiger charge is 2.26. The van der Waals surface area contributed by atoms with E-state index in [0.29, 0.717) is 21.9 Å². The summed E-state index contributed by atoms with van der Waals surface area (Å²) in [5, 5.41) is 7.25. The molecule has 0 aromatic carbocycles. The number of nitrogens with one attached hydrogen (secondary N) is 2. The SMILES string of the molecule is C=CCn1c(SC(C)C(=O)NC(=O)NC2CC2)nc2sccc2c1=O. The van der Waals surface area contributed by atoms with E-state index in [0.717, 1.165) is 24.6 Å². The van der Waals surface area contributed by atoms with Crippen LogP contribution in [0.4, 0.5) is 4.79 Å². The molecule has 7 nitrogen and oxygen atoms in total. The third-order valence-electron chi connectivity index (χ3n) is 3.66. The summed E-state index contributed by atoms with van der Waals surface area (Å²) in [6.07, 6.45) is 3.51. The van der Waals surface area contributed by atoms with Gasteiger partial charge in [-0.1, -0.05) is 17.8 Å². The normalized spacial score (nSPS) is 14.9. The summed E-state index contributed by atoms with van der Waals surface area (Å²) >= 11 is 2.52. The summed E-state index contributed by atoms with van der Waals surface area (Å²) in [5.74, 6) is -0.422. The van der Waals surface area contributed by atoms with Crippen molar-refractivity contribution >= 4 is 45.3 Å². The van der Waals surface area contributed by atoms with Crippen LogP contribution in [0.15, 0.2) is 34.1 Å². The number of hydrogen-bond acceptors (Lipinski definition) is 6. The number of thiophene rings is 1. The maximum atomic E-state index is 12.6. The third-order valence-corrected chi connectivity index (χ3v) is 5.56. The summed E-state index contributed by atoms with van der Waals surface area (Å²) in [6, 6.07) is 1.43. The number of carbonyl (C=O) groups excluding carboxylic acids is 2. The molecule has 1 fully saturated rings. The van der Waals surface area contributed by atoms with Gasteiger partial charge in [0.15, 0.2) is 5.16 Å². The van der Waals surface area contributed by atoms with Crippen molar-refractivity contribution in [1.29, 1.82) is 0 Å². The quantitative estimate of drug-likeness (QED) is 0.456. The van der Waals surface area contributed by atoms with E-state index in [2.05, 4.69) is 22.2 Å². The number of fused-ring (bicyclic) bond motifs is 1. The molecule has 9 heteroatoms. The first-order valence-corrected chi connectivity index (χ1v) is 9.62. The van der Waals surface area contributed by atoms with Gasteiger partial charge in [-0.05, 0) is 31.2 Å². The van der Waals surface area contributed by atoms with Crippen molar-refractivity contribution in [3.63, 3.8) is 0 Å². The first-order chi connectivity index (χ1) is 12.0. The molecule has 0 radical (unpaired) electrons. The molecule has 1 unspecified atom stereocenters. The van der Waals surface area contributed by atoms with Crippen molar-refractivity contribution in [3.8, 4) is 0 Å². The van der Waals surface area contributed by atoms with Gasteiger partial charge in [0.2, 0.25) is 5.91 Å². The second-order valence-electron chi connectivity index (χ2n) is 5.74. The van der Waals surface area contributed by atoms with E-state index in [1.54, 1.807) is 19.1 Å². The fourth-order valence-electron chi connectivity index (χ4n) is 2.18. The maximum absolute atomic E-state index is 12.6. The molecule has 2 N–H and O–H groups in total. The number of aromatic nitrogens is 2. The Morgan fingerprint density at radius 1 is 1.56 bits per heavy atom. The molecule has 25 heavy (non-hydrogen) atoms. The summed E-state index contributed by atoms with van der Waals surface area (Å²) in [7, 11) is 0. The van der Waals surface area contributed by atoms with E-state index < -0.39 is 17.2 Å². The molecule has 1 atom stereocenters. The van der Waals surface area contributed by atoms with Crippen molar-refractivity contribution in [1.82, 2.24) is 20.2 Å². The van der Waals surface area contributed by atoms with E-state index in [-0.39, 0.29) is 11.6 Å². The third kappa shape index (κ3) is 4.10. The van der Waals surface area contributed by atoms with E-state index >= 15 is 0 Å². The Morgan fingerprint density at radius 2 is 2.32 bits per heavy atom. The average Bonchev–Trinajstić information content (AvgIpc) is 3.24. The van der Waals surface area contributed by atoms with Crippen LogP contribution in [0.25, 0.3) is 10.2 Å². The predicted molar refractivity (Wildman–Crippen MR) is 99.1 cm³/mol. The Labute approximate surface area is 152 Å². The van der Waals surface area contributed by atoms with Crippen molar-refractivity contribution in [2.24, 2.45) is 0 Å². The lowest BCUT2D eigenvalue weighted by Gasteiger charge is -2.14. The number of urea groups is 1. The number of carbonyl (C=O) groups is 2. The summed E-state index contributed by atoms with van der Waals surface area (Å²) in [6.45, 7) is 5.64. The number of nitrogens with zero attached hydrogens (tertiary/aromatic N) is 2.